The van der Waals surface area contributed by atoms with Crippen LogP contribution in [0, 0.1) is 20.2 Å². The Bertz CT molecular complexity index is 1900. The first-order valence-corrected chi connectivity index (χ1v) is 16.5. The number of carbonyl (C=O) groups excluding carboxylic acids is 4. The number of aromatic nitrogens is 2. The molecule has 2 aliphatic rings. The number of nitrogens with one attached hydrogen (secondary N) is 2. The van der Waals surface area contributed by atoms with Gasteiger partial charge in [0.15, 0.2) is 0 Å². The lowest BCUT2D eigenvalue weighted by Crippen LogP contribution is -2.32. The predicted octanol–water partition coefficient (Wildman–Crippen LogP) is 4.83. The molecule has 1 aromatic heterocycles. The molecule has 2 aromatic carbocycles. The number of ether oxygens (including phenoxy) is 4. The molecule has 18 nitrogen and oxygen atoms in total. The van der Waals surface area contributed by atoms with Crippen LogP contribution in [0.5, 0.6) is 0 Å². The number of para-hydroxylation sites is 2. The van der Waals surface area contributed by atoms with Gasteiger partial charge in [0.1, 0.15) is 0 Å². The van der Waals surface area contributed by atoms with Gasteiger partial charge >= 0.3 is 23.9 Å². The number of methoxy groups -OCH3 is 4. The molecule has 0 aliphatic carbocycles. The standard InChI is InChI=1S/2C17H18N2O6.C4H4N2/c2*1-9-13(16(20)24-3)15(14(10(2)18-9)17(21)25-4)11-7-5-6-8-12(11)19(22)23;1-2-6-4-3-5-1/h2*5-8,15,18H,1-4H3;1-4H. The van der Waals surface area contributed by atoms with Gasteiger partial charge in [-0.1, -0.05) is 36.4 Å². The Morgan fingerprint density at radius 3 is 0.982 bits per heavy atom. The Kier molecular flexibility index (Phi) is 15.2. The van der Waals surface area contributed by atoms with E-state index in [0.29, 0.717) is 22.8 Å². The highest BCUT2D eigenvalue weighted by Crippen LogP contribution is 2.43. The van der Waals surface area contributed by atoms with E-state index in [1.54, 1.807) is 64.6 Å². The molecule has 294 valence electrons. The predicted molar refractivity (Wildman–Crippen MR) is 199 cm³/mol. The first-order valence-electron chi connectivity index (χ1n) is 16.5. The van der Waals surface area contributed by atoms with Crippen molar-refractivity contribution in [2.75, 3.05) is 28.4 Å². The van der Waals surface area contributed by atoms with Gasteiger partial charge in [-0.2, -0.15) is 0 Å². The fourth-order valence-electron chi connectivity index (χ4n) is 6.18. The molecule has 2 N–H and O–H groups in total. The van der Waals surface area contributed by atoms with Crippen LogP contribution in [0.2, 0.25) is 0 Å². The number of nitro groups is 2. The van der Waals surface area contributed by atoms with Crippen LogP contribution in [0.25, 0.3) is 0 Å². The number of dihydropyridines is 2. The van der Waals surface area contributed by atoms with Crippen LogP contribution in [0.1, 0.15) is 50.7 Å². The number of rotatable bonds is 8. The molecule has 3 heterocycles. The number of hydrogen-bond acceptors (Lipinski definition) is 16. The van der Waals surface area contributed by atoms with Crippen molar-refractivity contribution in [1.82, 2.24) is 20.6 Å². The van der Waals surface area contributed by atoms with Gasteiger partial charge in [0.25, 0.3) is 11.4 Å². The van der Waals surface area contributed by atoms with E-state index >= 15 is 0 Å². The minimum atomic E-state index is -0.970. The lowest BCUT2D eigenvalue weighted by atomic mass is 9.79. The molecule has 56 heavy (non-hydrogen) atoms. The summed E-state index contributed by atoms with van der Waals surface area (Å²) in [7, 11) is 4.84. The molecule has 0 atom stereocenters. The molecule has 18 heteroatoms. The van der Waals surface area contributed by atoms with Crippen LogP contribution in [0.3, 0.4) is 0 Å². The van der Waals surface area contributed by atoms with Gasteiger partial charge in [-0.15, -0.1) is 0 Å². The maximum absolute atomic E-state index is 12.3. The number of nitrogens with zero attached hydrogens (tertiary/aromatic N) is 4. The maximum atomic E-state index is 12.3. The van der Waals surface area contributed by atoms with Crippen LogP contribution in [0.4, 0.5) is 11.4 Å². The third-order valence-electron chi connectivity index (χ3n) is 8.51. The summed E-state index contributed by atoms with van der Waals surface area (Å²) < 4.78 is 19.3. The van der Waals surface area contributed by atoms with Crippen molar-refractivity contribution in [2.24, 2.45) is 0 Å². The topological polar surface area (TPSA) is 241 Å². The molecule has 0 fully saturated rings. The number of carbonyl (C=O) groups is 4. The van der Waals surface area contributed by atoms with E-state index in [1.165, 1.54) is 64.8 Å². The Labute approximate surface area is 321 Å². The molecule has 0 bridgehead atoms. The van der Waals surface area contributed by atoms with E-state index in [-0.39, 0.29) is 44.8 Å². The SMILES string of the molecule is COC(=O)C1=C(C)NC(C)=C(C(=O)OC)C1c1ccccc1[N+](=O)[O-].COC(=O)C1=C(C)NC(C)=C(C(=O)OC)C1c1ccccc1[N+](=O)[O-].c1cnccn1. The van der Waals surface area contributed by atoms with E-state index in [9.17, 15) is 39.4 Å². The van der Waals surface area contributed by atoms with Crippen molar-refractivity contribution in [3.63, 3.8) is 0 Å². The Balaban J connectivity index is 0.000000261. The fourth-order valence-corrected chi connectivity index (χ4v) is 6.18. The molecule has 2 aliphatic heterocycles. The van der Waals surface area contributed by atoms with Crippen molar-refractivity contribution in [3.8, 4) is 0 Å². The first kappa shape index (κ1) is 43.2. The summed E-state index contributed by atoms with van der Waals surface area (Å²) >= 11 is 0. The lowest BCUT2D eigenvalue weighted by molar-refractivity contribution is -0.385. The third kappa shape index (κ3) is 9.64. The minimum Gasteiger partial charge on any atom is -0.466 e. The van der Waals surface area contributed by atoms with Crippen LogP contribution in [-0.2, 0) is 38.1 Å². The van der Waals surface area contributed by atoms with Crippen LogP contribution >= 0.6 is 0 Å². The molecule has 0 radical (unpaired) electrons. The molecule has 0 amide bonds. The van der Waals surface area contributed by atoms with Crippen molar-refractivity contribution >= 4 is 35.3 Å². The summed E-state index contributed by atoms with van der Waals surface area (Å²) in [5.74, 6) is -4.65. The highest BCUT2D eigenvalue weighted by molar-refractivity contribution is 6.01. The fraction of sp³-hybridized carbons (Fsp3) is 0.263. The van der Waals surface area contributed by atoms with E-state index in [1.807, 2.05) is 0 Å². The number of esters is 4. The van der Waals surface area contributed by atoms with Crippen LogP contribution in [-0.4, -0.2) is 72.1 Å². The molecular weight excluding hydrogens is 732 g/mol. The second kappa shape index (κ2) is 19.7. The number of allylic oxidation sites excluding steroid dienone is 4. The van der Waals surface area contributed by atoms with E-state index in [4.69, 9.17) is 18.9 Å². The Hall–Kier alpha value is -7.24. The second-order valence-corrected chi connectivity index (χ2v) is 11.8. The van der Waals surface area contributed by atoms with Gasteiger partial charge in [0, 0.05) is 70.8 Å². The molecule has 0 spiro atoms. The lowest BCUT2D eigenvalue weighted by Gasteiger charge is -2.29. The number of benzene rings is 2. The summed E-state index contributed by atoms with van der Waals surface area (Å²) in [6.07, 6.45) is 6.56. The summed E-state index contributed by atoms with van der Waals surface area (Å²) in [5, 5.41) is 28.8. The number of nitro benzene ring substituents is 2. The summed E-state index contributed by atoms with van der Waals surface area (Å²) in [6, 6.07) is 11.9. The smallest absolute Gasteiger partial charge is 0.336 e. The maximum Gasteiger partial charge on any atom is 0.336 e. The summed E-state index contributed by atoms with van der Waals surface area (Å²) in [5.41, 5.74) is 2.38. The average Bonchev–Trinajstić information content (AvgIpc) is 3.20. The largest absolute Gasteiger partial charge is 0.466 e. The molecule has 5 rings (SSSR count). The number of hydrogen-bond donors (Lipinski definition) is 2. The molecule has 0 saturated carbocycles. The highest BCUT2D eigenvalue weighted by Gasteiger charge is 2.42. The third-order valence-corrected chi connectivity index (χ3v) is 8.51. The van der Waals surface area contributed by atoms with Crippen LogP contribution in [0.15, 0.2) is 118 Å². The van der Waals surface area contributed by atoms with Crippen molar-refractivity contribution in [2.45, 2.75) is 39.5 Å². The van der Waals surface area contributed by atoms with Crippen LogP contribution < -0.4 is 10.6 Å². The van der Waals surface area contributed by atoms with Crippen molar-refractivity contribution in [3.05, 3.63) is 150 Å². The monoisotopic (exact) mass is 772 g/mol. The molecule has 0 saturated heterocycles. The van der Waals surface area contributed by atoms with Crippen molar-refractivity contribution in [1.29, 1.82) is 0 Å². The molecule has 0 unspecified atom stereocenters. The quantitative estimate of drug-likeness (QED) is 0.135. The highest BCUT2D eigenvalue weighted by atomic mass is 16.6. The van der Waals surface area contributed by atoms with Gasteiger partial charge in [0.05, 0.1) is 72.4 Å². The zero-order valence-electron chi connectivity index (χ0n) is 31.8. The average molecular weight is 773 g/mol. The Morgan fingerprint density at radius 1 is 0.518 bits per heavy atom. The normalized spacial score (nSPS) is 14.1. The van der Waals surface area contributed by atoms with Gasteiger partial charge < -0.3 is 29.6 Å². The van der Waals surface area contributed by atoms with Gasteiger partial charge in [-0.05, 0) is 27.7 Å². The first-order chi connectivity index (χ1) is 26.7. The second-order valence-electron chi connectivity index (χ2n) is 11.8. The summed E-state index contributed by atoms with van der Waals surface area (Å²) in [4.78, 5) is 78.6. The van der Waals surface area contributed by atoms with E-state index in [0.717, 1.165) is 0 Å². The zero-order valence-corrected chi connectivity index (χ0v) is 31.8. The zero-order chi connectivity index (χ0) is 41.7. The minimum absolute atomic E-state index is 0.128. The molecule has 3 aromatic rings. The van der Waals surface area contributed by atoms with Gasteiger partial charge in [0.2, 0.25) is 0 Å². The molecular formula is C38H40N6O12. The van der Waals surface area contributed by atoms with Gasteiger partial charge in [-0.3, -0.25) is 30.2 Å². The Morgan fingerprint density at radius 2 is 0.768 bits per heavy atom. The van der Waals surface area contributed by atoms with E-state index < -0.39 is 45.6 Å². The van der Waals surface area contributed by atoms with Crippen molar-refractivity contribution < 1.29 is 48.0 Å². The summed E-state index contributed by atoms with van der Waals surface area (Å²) in [6.45, 7) is 6.58. The van der Waals surface area contributed by atoms with E-state index in [2.05, 4.69) is 20.6 Å². The van der Waals surface area contributed by atoms with Gasteiger partial charge in [-0.25, -0.2) is 19.2 Å².